The van der Waals surface area contributed by atoms with Crippen LogP contribution in [0.25, 0.3) is 0 Å². The Hall–Kier alpha value is -1.20. The van der Waals surface area contributed by atoms with Crippen LogP contribution in [-0.4, -0.2) is 31.0 Å². The van der Waals surface area contributed by atoms with E-state index in [4.69, 9.17) is 4.74 Å². The highest BCUT2D eigenvalue weighted by molar-refractivity contribution is 7.98. The molecule has 2 amide bonds. The summed E-state index contributed by atoms with van der Waals surface area (Å²) in [5, 5.41) is 6.08. The number of hydrogen-bond donors (Lipinski definition) is 2. The molecule has 2 fully saturated rings. The Labute approximate surface area is 142 Å². The van der Waals surface area contributed by atoms with Crippen molar-refractivity contribution in [2.75, 3.05) is 12.9 Å². The highest BCUT2D eigenvalue weighted by atomic mass is 32.2. The summed E-state index contributed by atoms with van der Waals surface area (Å²) in [5.41, 5.74) is 2.40. The zero-order valence-corrected chi connectivity index (χ0v) is 14.7. The molecular weight excluding hydrogens is 308 g/mol. The first-order chi connectivity index (χ1) is 11.2. The lowest BCUT2D eigenvalue weighted by Crippen LogP contribution is -2.46. The van der Waals surface area contributed by atoms with E-state index in [-0.39, 0.29) is 12.1 Å². The molecule has 0 aromatic heterocycles. The lowest BCUT2D eigenvalue weighted by Gasteiger charge is -2.30. The number of nitrogens with one attached hydrogen (secondary N) is 2. The molecule has 126 valence electrons. The fourth-order valence-electron chi connectivity index (χ4n) is 3.22. The zero-order valence-electron chi connectivity index (χ0n) is 13.9. The fraction of sp³-hybridized carbons (Fsp3) is 0.611. The second kappa shape index (κ2) is 7.58. The molecule has 0 bridgehead atoms. The average molecular weight is 334 g/mol. The summed E-state index contributed by atoms with van der Waals surface area (Å²) in [7, 11) is 0. The van der Waals surface area contributed by atoms with E-state index in [0.29, 0.717) is 12.6 Å². The van der Waals surface area contributed by atoms with Crippen LogP contribution in [0.3, 0.4) is 0 Å². The predicted molar refractivity (Wildman–Crippen MR) is 93.8 cm³/mol. The maximum absolute atomic E-state index is 12.1. The quantitative estimate of drug-likeness (QED) is 0.811. The number of ether oxygens (including phenoxy) is 1. The molecular formula is C18H26N2O2S. The zero-order chi connectivity index (χ0) is 16.2. The van der Waals surface area contributed by atoms with Crippen LogP contribution in [0.1, 0.15) is 36.8 Å². The van der Waals surface area contributed by atoms with E-state index in [1.54, 1.807) is 11.8 Å². The number of benzene rings is 1. The number of aryl methyl sites for hydroxylation is 1. The van der Waals surface area contributed by atoms with Crippen molar-refractivity contribution >= 4 is 17.8 Å². The standard InChI is InChI=1S/C18H26N2O2S/c1-12-9-13(3-6-17(12)23-2)11-19-18(21)20-15-7-8-22-16(10-15)14-4-5-14/h3,6,9,14-16H,4-5,7-8,10-11H2,1-2H3,(H2,19,20,21)/t15-,16+/m0/s1. The molecule has 2 atom stereocenters. The van der Waals surface area contributed by atoms with Crippen LogP contribution in [0.4, 0.5) is 4.79 Å². The molecule has 3 rings (SSSR count). The number of rotatable bonds is 5. The Morgan fingerprint density at radius 1 is 1.35 bits per heavy atom. The van der Waals surface area contributed by atoms with Crippen molar-refractivity contribution < 1.29 is 9.53 Å². The minimum Gasteiger partial charge on any atom is -0.378 e. The molecule has 2 aliphatic rings. The van der Waals surface area contributed by atoms with Crippen molar-refractivity contribution in [3.05, 3.63) is 29.3 Å². The molecule has 5 heteroatoms. The first kappa shape index (κ1) is 16.7. The summed E-state index contributed by atoms with van der Waals surface area (Å²) in [4.78, 5) is 13.4. The topological polar surface area (TPSA) is 50.4 Å². The van der Waals surface area contributed by atoms with Gasteiger partial charge in [-0.15, -0.1) is 11.8 Å². The summed E-state index contributed by atoms with van der Waals surface area (Å²) in [6.07, 6.45) is 6.88. The first-order valence-corrected chi connectivity index (χ1v) is 9.67. The van der Waals surface area contributed by atoms with Crippen LogP contribution >= 0.6 is 11.8 Å². The monoisotopic (exact) mass is 334 g/mol. The highest BCUT2D eigenvalue weighted by Gasteiger charge is 2.36. The van der Waals surface area contributed by atoms with Gasteiger partial charge in [0.1, 0.15) is 0 Å². The summed E-state index contributed by atoms with van der Waals surface area (Å²) in [6.45, 7) is 3.44. The molecule has 1 aromatic carbocycles. The minimum absolute atomic E-state index is 0.0713. The molecule has 0 radical (unpaired) electrons. The third-order valence-electron chi connectivity index (χ3n) is 4.71. The van der Waals surface area contributed by atoms with E-state index in [1.165, 1.54) is 23.3 Å². The van der Waals surface area contributed by atoms with E-state index in [2.05, 4.69) is 42.0 Å². The maximum atomic E-state index is 12.1. The van der Waals surface area contributed by atoms with Crippen LogP contribution < -0.4 is 10.6 Å². The SMILES string of the molecule is CSc1ccc(CNC(=O)N[C@H]2CCO[C@@H](C3CC3)C2)cc1C. The lowest BCUT2D eigenvalue weighted by molar-refractivity contribution is -0.00914. The molecule has 1 saturated heterocycles. The van der Waals surface area contributed by atoms with Crippen LogP contribution in [0.2, 0.25) is 0 Å². The van der Waals surface area contributed by atoms with Gasteiger partial charge in [0.2, 0.25) is 0 Å². The van der Waals surface area contributed by atoms with Gasteiger partial charge in [-0.3, -0.25) is 0 Å². The van der Waals surface area contributed by atoms with E-state index in [1.807, 2.05) is 0 Å². The average Bonchev–Trinajstić information content (AvgIpc) is 3.38. The second-order valence-corrected chi connectivity index (χ2v) is 7.45. The van der Waals surface area contributed by atoms with Gasteiger partial charge in [0.25, 0.3) is 0 Å². The van der Waals surface area contributed by atoms with Gasteiger partial charge in [0, 0.05) is 24.1 Å². The Kier molecular flexibility index (Phi) is 5.49. The van der Waals surface area contributed by atoms with E-state index in [9.17, 15) is 4.79 Å². The third-order valence-corrected chi connectivity index (χ3v) is 5.61. The largest absolute Gasteiger partial charge is 0.378 e. The van der Waals surface area contributed by atoms with Crippen LogP contribution in [0.5, 0.6) is 0 Å². The van der Waals surface area contributed by atoms with Gasteiger partial charge in [0.05, 0.1) is 6.10 Å². The van der Waals surface area contributed by atoms with E-state index in [0.717, 1.165) is 30.9 Å². The number of carbonyl (C=O) groups is 1. The number of thioether (sulfide) groups is 1. The van der Waals surface area contributed by atoms with Crippen molar-refractivity contribution in [3.63, 3.8) is 0 Å². The summed E-state index contributed by atoms with van der Waals surface area (Å²) < 4.78 is 5.80. The van der Waals surface area contributed by atoms with Gasteiger partial charge in [-0.2, -0.15) is 0 Å². The predicted octanol–water partition coefficient (Wildman–Crippen LogP) is 3.47. The minimum atomic E-state index is -0.0713. The van der Waals surface area contributed by atoms with Crippen molar-refractivity contribution in [2.24, 2.45) is 5.92 Å². The van der Waals surface area contributed by atoms with E-state index >= 15 is 0 Å². The number of urea groups is 1. The number of hydrogen-bond acceptors (Lipinski definition) is 3. The normalized spacial score (nSPS) is 24.3. The molecule has 1 saturated carbocycles. The summed E-state index contributed by atoms with van der Waals surface area (Å²) in [6, 6.07) is 6.52. The highest BCUT2D eigenvalue weighted by Crippen LogP contribution is 2.38. The molecule has 2 N–H and O–H groups in total. The molecule has 1 aliphatic carbocycles. The first-order valence-electron chi connectivity index (χ1n) is 8.45. The molecule has 1 aliphatic heterocycles. The van der Waals surface area contributed by atoms with Crippen LogP contribution in [-0.2, 0) is 11.3 Å². The molecule has 0 spiro atoms. The van der Waals surface area contributed by atoms with Gasteiger partial charge in [-0.25, -0.2) is 4.79 Å². The van der Waals surface area contributed by atoms with Crippen molar-refractivity contribution in [3.8, 4) is 0 Å². The lowest BCUT2D eigenvalue weighted by atomic mass is 10.0. The molecule has 0 unspecified atom stereocenters. The van der Waals surface area contributed by atoms with Crippen molar-refractivity contribution in [2.45, 2.75) is 56.2 Å². The number of carbonyl (C=O) groups excluding carboxylic acids is 1. The number of amides is 2. The summed E-state index contributed by atoms with van der Waals surface area (Å²) in [5.74, 6) is 0.737. The van der Waals surface area contributed by atoms with Gasteiger partial charge in [-0.05, 0) is 62.0 Å². The van der Waals surface area contributed by atoms with Gasteiger partial charge in [0.15, 0.2) is 0 Å². The van der Waals surface area contributed by atoms with Crippen LogP contribution in [0.15, 0.2) is 23.1 Å². The smallest absolute Gasteiger partial charge is 0.315 e. The van der Waals surface area contributed by atoms with Crippen molar-refractivity contribution in [1.29, 1.82) is 0 Å². The van der Waals surface area contributed by atoms with Gasteiger partial charge < -0.3 is 15.4 Å². The van der Waals surface area contributed by atoms with Gasteiger partial charge in [-0.1, -0.05) is 12.1 Å². The van der Waals surface area contributed by atoms with Gasteiger partial charge >= 0.3 is 6.03 Å². The van der Waals surface area contributed by atoms with E-state index < -0.39 is 0 Å². The van der Waals surface area contributed by atoms with Crippen molar-refractivity contribution in [1.82, 2.24) is 10.6 Å². The molecule has 23 heavy (non-hydrogen) atoms. The Morgan fingerprint density at radius 2 is 2.17 bits per heavy atom. The Morgan fingerprint density at radius 3 is 2.87 bits per heavy atom. The molecule has 1 heterocycles. The Balaban J connectivity index is 1.44. The molecule has 4 nitrogen and oxygen atoms in total. The fourth-order valence-corrected chi connectivity index (χ4v) is 3.81. The Bertz CT molecular complexity index is 560. The second-order valence-electron chi connectivity index (χ2n) is 6.60. The third kappa shape index (κ3) is 4.64. The maximum Gasteiger partial charge on any atom is 0.315 e. The van der Waals surface area contributed by atoms with Crippen LogP contribution in [0, 0.1) is 12.8 Å². The summed E-state index contributed by atoms with van der Waals surface area (Å²) >= 11 is 1.75. The molecule has 1 aromatic rings.